The van der Waals surface area contributed by atoms with Crippen molar-refractivity contribution in [3.8, 4) is 10.8 Å². The molecule has 2 aromatic heterocycles. The maximum absolute atomic E-state index is 12.0. The van der Waals surface area contributed by atoms with Crippen LogP contribution >= 0.6 is 23.1 Å². The number of aromatic nitrogens is 1. The molecule has 3 aromatic rings. The number of rotatable bonds is 8. The van der Waals surface area contributed by atoms with Crippen LogP contribution < -0.4 is 5.32 Å². The van der Waals surface area contributed by atoms with Crippen molar-refractivity contribution < 1.29 is 9.21 Å². The lowest BCUT2D eigenvalue weighted by molar-refractivity contribution is -0.120. The fourth-order valence-corrected chi connectivity index (χ4v) is 3.94. The van der Waals surface area contributed by atoms with Gasteiger partial charge in [0.05, 0.1) is 12.1 Å². The van der Waals surface area contributed by atoms with Gasteiger partial charge in [0.25, 0.3) is 0 Å². The van der Waals surface area contributed by atoms with E-state index in [0.717, 1.165) is 34.4 Å². The zero-order valence-electron chi connectivity index (χ0n) is 14.0. The quantitative estimate of drug-likeness (QED) is 0.465. The molecule has 3 rings (SSSR count). The second kappa shape index (κ2) is 8.87. The third-order valence-electron chi connectivity index (χ3n) is 3.50. The van der Waals surface area contributed by atoms with Gasteiger partial charge >= 0.3 is 0 Å². The van der Waals surface area contributed by atoms with E-state index in [-0.39, 0.29) is 5.91 Å². The molecule has 0 saturated heterocycles. The molecular formula is C19H20N2O2S2. The topological polar surface area (TPSA) is 55.1 Å². The number of thiazole rings is 1. The van der Waals surface area contributed by atoms with Crippen LogP contribution in [-0.4, -0.2) is 23.2 Å². The minimum absolute atomic E-state index is 0.0113. The Balaban J connectivity index is 1.37. The fraction of sp³-hybridized carbons (Fsp3) is 0.263. The highest BCUT2D eigenvalue weighted by molar-refractivity contribution is 7.99. The first kappa shape index (κ1) is 17.8. The molecule has 0 unspecified atom stereocenters. The molecule has 4 nitrogen and oxygen atoms in total. The molecule has 0 atom stereocenters. The second-order valence-electron chi connectivity index (χ2n) is 5.60. The minimum Gasteiger partial charge on any atom is -0.459 e. The molecule has 0 aliphatic carbocycles. The Kier molecular flexibility index (Phi) is 6.30. The van der Waals surface area contributed by atoms with Gasteiger partial charge in [-0.05, 0) is 43.4 Å². The van der Waals surface area contributed by atoms with Gasteiger partial charge in [0.1, 0.15) is 5.76 Å². The lowest BCUT2D eigenvalue weighted by Crippen LogP contribution is -2.26. The summed E-state index contributed by atoms with van der Waals surface area (Å²) in [6, 6.07) is 14.1. The third-order valence-corrected chi connectivity index (χ3v) is 5.50. The predicted molar refractivity (Wildman–Crippen MR) is 103 cm³/mol. The Bertz CT molecular complexity index is 812. The molecule has 6 heteroatoms. The number of carbonyl (C=O) groups is 1. The van der Waals surface area contributed by atoms with Gasteiger partial charge in [0.2, 0.25) is 5.91 Å². The number of hydrogen-bond donors (Lipinski definition) is 1. The molecule has 0 fully saturated rings. The van der Waals surface area contributed by atoms with Crippen LogP contribution in [0.25, 0.3) is 10.8 Å². The van der Waals surface area contributed by atoms with Gasteiger partial charge in [-0.3, -0.25) is 4.79 Å². The fourth-order valence-electron chi connectivity index (χ4n) is 2.28. The van der Waals surface area contributed by atoms with Crippen LogP contribution in [0, 0.1) is 6.92 Å². The molecular weight excluding hydrogens is 352 g/mol. The van der Waals surface area contributed by atoms with Crippen molar-refractivity contribution >= 4 is 29.0 Å². The summed E-state index contributed by atoms with van der Waals surface area (Å²) in [5.41, 5.74) is 0.783. The number of furan rings is 1. The molecule has 2 heterocycles. The van der Waals surface area contributed by atoms with Crippen LogP contribution in [-0.2, 0) is 11.2 Å². The number of nitrogens with zero attached hydrogens (tertiary/aromatic N) is 1. The summed E-state index contributed by atoms with van der Waals surface area (Å²) in [4.78, 5) is 17.8. The van der Waals surface area contributed by atoms with E-state index in [1.54, 1.807) is 11.8 Å². The van der Waals surface area contributed by atoms with Crippen LogP contribution in [0.2, 0.25) is 0 Å². The molecule has 0 aliphatic heterocycles. The van der Waals surface area contributed by atoms with E-state index in [4.69, 9.17) is 4.42 Å². The highest BCUT2D eigenvalue weighted by Crippen LogP contribution is 2.25. The molecule has 0 radical (unpaired) electrons. The largest absolute Gasteiger partial charge is 0.459 e. The van der Waals surface area contributed by atoms with Gasteiger partial charge < -0.3 is 9.73 Å². The summed E-state index contributed by atoms with van der Waals surface area (Å²) in [7, 11) is 0. The van der Waals surface area contributed by atoms with Gasteiger partial charge in [-0.25, -0.2) is 4.98 Å². The third kappa shape index (κ3) is 5.47. The lowest BCUT2D eigenvalue weighted by atomic mass is 10.3. The summed E-state index contributed by atoms with van der Waals surface area (Å²) < 4.78 is 5.56. The van der Waals surface area contributed by atoms with Crippen LogP contribution in [0.1, 0.15) is 17.9 Å². The smallest absolute Gasteiger partial charge is 0.226 e. The van der Waals surface area contributed by atoms with Crippen LogP contribution in [0.3, 0.4) is 0 Å². The van der Waals surface area contributed by atoms with Gasteiger partial charge in [-0.2, -0.15) is 0 Å². The number of thioether (sulfide) groups is 1. The number of carbonyl (C=O) groups excluding carboxylic acids is 1. The van der Waals surface area contributed by atoms with Crippen molar-refractivity contribution in [2.45, 2.75) is 24.7 Å². The summed E-state index contributed by atoms with van der Waals surface area (Å²) in [5, 5.41) is 5.69. The molecule has 25 heavy (non-hydrogen) atoms. The summed E-state index contributed by atoms with van der Waals surface area (Å²) in [6.45, 7) is 2.59. The van der Waals surface area contributed by atoms with E-state index in [0.29, 0.717) is 13.0 Å². The lowest BCUT2D eigenvalue weighted by Gasteiger charge is -2.04. The van der Waals surface area contributed by atoms with Crippen LogP contribution in [0.4, 0.5) is 0 Å². The van der Waals surface area contributed by atoms with Crippen molar-refractivity contribution in [2.75, 3.05) is 12.3 Å². The van der Waals surface area contributed by atoms with Crippen molar-refractivity contribution in [3.05, 3.63) is 59.3 Å². The monoisotopic (exact) mass is 372 g/mol. The Morgan fingerprint density at radius 3 is 2.84 bits per heavy atom. The van der Waals surface area contributed by atoms with E-state index in [1.807, 2.05) is 42.6 Å². The van der Waals surface area contributed by atoms with Gasteiger partial charge in [0, 0.05) is 16.8 Å². The molecule has 1 aromatic carbocycles. The highest BCUT2D eigenvalue weighted by Gasteiger charge is 2.11. The van der Waals surface area contributed by atoms with Crippen molar-refractivity contribution in [1.29, 1.82) is 0 Å². The molecule has 1 amide bonds. The molecule has 0 saturated carbocycles. The number of amides is 1. The first-order valence-electron chi connectivity index (χ1n) is 8.16. The average molecular weight is 373 g/mol. The van der Waals surface area contributed by atoms with Gasteiger partial charge in [0.15, 0.2) is 10.8 Å². The van der Waals surface area contributed by atoms with Gasteiger partial charge in [-0.1, -0.05) is 18.2 Å². The Morgan fingerprint density at radius 1 is 1.24 bits per heavy atom. The van der Waals surface area contributed by atoms with Crippen molar-refractivity contribution in [1.82, 2.24) is 10.3 Å². The van der Waals surface area contributed by atoms with E-state index in [9.17, 15) is 4.79 Å². The maximum Gasteiger partial charge on any atom is 0.226 e. The molecule has 0 spiro atoms. The van der Waals surface area contributed by atoms with Crippen molar-refractivity contribution in [2.24, 2.45) is 0 Å². The maximum atomic E-state index is 12.0. The standard InChI is InChI=1S/C19H20N2O2S2/c1-14-8-9-17(23-14)19-21-15(13-25-19)12-18(22)20-10-5-11-24-16-6-3-2-4-7-16/h2-4,6-9,13H,5,10-12H2,1H3,(H,20,22). The summed E-state index contributed by atoms with van der Waals surface area (Å²) >= 11 is 3.31. The minimum atomic E-state index is 0.0113. The molecule has 1 N–H and O–H groups in total. The van der Waals surface area contributed by atoms with E-state index < -0.39 is 0 Å². The molecule has 130 valence electrons. The SMILES string of the molecule is Cc1ccc(-c2nc(CC(=O)NCCCSc3ccccc3)cs2)o1. The van der Waals surface area contributed by atoms with Crippen LogP contribution in [0.5, 0.6) is 0 Å². The second-order valence-corrected chi connectivity index (χ2v) is 7.62. The normalized spacial score (nSPS) is 10.8. The number of benzene rings is 1. The zero-order chi connectivity index (χ0) is 17.5. The summed E-state index contributed by atoms with van der Waals surface area (Å²) in [6.07, 6.45) is 1.25. The first-order valence-corrected chi connectivity index (χ1v) is 10.0. The average Bonchev–Trinajstić information content (AvgIpc) is 3.24. The zero-order valence-corrected chi connectivity index (χ0v) is 15.7. The van der Waals surface area contributed by atoms with E-state index in [1.165, 1.54) is 16.2 Å². The highest BCUT2D eigenvalue weighted by atomic mass is 32.2. The van der Waals surface area contributed by atoms with E-state index in [2.05, 4.69) is 22.4 Å². The molecule has 0 bridgehead atoms. The Hall–Kier alpha value is -2.05. The Morgan fingerprint density at radius 2 is 2.08 bits per heavy atom. The number of aryl methyl sites for hydroxylation is 1. The van der Waals surface area contributed by atoms with E-state index >= 15 is 0 Å². The summed E-state index contributed by atoms with van der Waals surface area (Å²) in [5.74, 6) is 2.62. The number of nitrogens with one attached hydrogen (secondary N) is 1. The number of hydrogen-bond acceptors (Lipinski definition) is 5. The van der Waals surface area contributed by atoms with Gasteiger partial charge in [-0.15, -0.1) is 23.1 Å². The van der Waals surface area contributed by atoms with Crippen LogP contribution in [0.15, 0.2) is 57.2 Å². The first-order chi connectivity index (χ1) is 12.2. The predicted octanol–water partition coefficient (Wildman–Crippen LogP) is 4.55. The molecule has 0 aliphatic rings. The Labute approximate surface area is 155 Å². The van der Waals surface area contributed by atoms with Crippen molar-refractivity contribution in [3.63, 3.8) is 0 Å².